The van der Waals surface area contributed by atoms with Crippen LogP contribution in [0.4, 0.5) is 5.69 Å². The summed E-state index contributed by atoms with van der Waals surface area (Å²) in [6, 6.07) is 35.6. The average Bonchev–Trinajstić information content (AvgIpc) is 2.83. The zero-order valence-corrected chi connectivity index (χ0v) is 22.6. The summed E-state index contributed by atoms with van der Waals surface area (Å²) in [7, 11) is -2.63. The van der Waals surface area contributed by atoms with E-state index >= 15 is 0 Å². The molecule has 0 aliphatic carbocycles. The van der Waals surface area contributed by atoms with E-state index in [1.165, 1.54) is 5.56 Å². The third-order valence-corrected chi connectivity index (χ3v) is 10.1. The zero-order valence-electron chi connectivity index (χ0n) is 21.7. The maximum absolute atomic E-state index is 12.0. The quantitative estimate of drug-likeness (QED) is 0.296. The highest BCUT2D eigenvalue weighted by atomic mass is 31.2. The highest BCUT2D eigenvalue weighted by Gasteiger charge is 2.34. The topological polar surface area (TPSA) is 32.6 Å². The number of benzene rings is 4. The molecule has 0 aliphatic rings. The van der Waals surface area contributed by atoms with Gasteiger partial charge in [0.15, 0.2) is 0 Å². The Morgan fingerprint density at radius 1 is 0.600 bits per heavy atom. The van der Waals surface area contributed by atoms with Gasteiger partial charge in [0, 0.05) is 21.5 Å². The van der Waals surface area contributed by atoms with Gasteiger partial charge in [-0.3, -0.25) is 4.74 Å². The molecular formula is C32H36NOP. The molecule has 0 spiro atoms. The van der Waals surface area contributed by atoms with Crippen molar-refractivity contribution in [2.24, 2.45) is 4.74 Å². The van der Waals surface area contributed by atoms with Crippen molar-refractivity contribution in [3.8, 4) is 5.75 Å². The lowest BCUT2D eigenvalue weighted by atomic mass is 9.80. The Balaban J connectivity index is 2.27. The molecule has 0 amide bonds. The largest absolute Gasteiger partial charge is 0.507 e. The first kappa shape index (κ1) is 25.0. The number of rotatable bonds is 4. The lowest BCUT2D eigenvalue weighted by Gasteiger charge is -2.33. The SMILES string of the molecule is CC(C)(C)c1cc(C(C)(C)C)c(O)c(P(=Nc2ccccc2)(c2ccccc2)c2ccccc2)c1. The normalized spacial score (nSPS) is 12.4. The second-order valence-electron chi connectivity index (χ2n) is 11.1. The molecule has 0 bridgehead atoms. The van der Waals surface area contributed by atoms with E-state index in [2.05, 4.69) is 114 Å². The van der Waals surface area contributed by atoms with Crippen LogP contribution in [0.25, 0.3) is 0 Å². The number of aromatic hydroxyl groups is 1. The van der Waals surface area contributed by atoms with Gasteiger partial charge in [-0.2, -0.15) is 0 Å². The summed E-state index contributed by atoms with van der Waals surface area (Å²) in [5, 5.41) is 15.2. The minimum absolute atomic E-state index is 0.0851. The predicted octanol–water partition coefficient (Wildman–Crippen LogP) is 7.80. The Morgan fingerprint density at radius 3 is 1.49 bits per heavy atom. The second-order valence-corrected chi connectivity index (χ2v) is 14.1. The Bertz CT molecular complexity index is 1300. The Labute approximate surface area is 210 Å². The van der Waals surface area contributed by atoms with Crippen LogP contribution in [0.1, 0.15) is 52.7 Å². The van der Waals surface area contributed by atoms with Gasteiger partial charge >= 0.3 is 0 Å². The lowest BCUT2D eigenvalue weighted by molar-refractivity contribution is 0.449. The van der Waals surface area contributed by atoms with Crippen molar-refractivity contribution in [3.63, 3.8) is 0 Å². The fraction of sp³-hybridized carbons (Fsp3) is 0.250. The fourth-order valence-corrected chi connectivity index (χ4v) is 8.06. The van der Waals surface area contributed by atoms with Crippen LogP contribution in [0.3, 0.4) is 0 Å². The van der Waals surface area contributed by atoms with E-state index < -0.39 is 7.05 Å². The molecule has 3 heteroatoms. The van der Waals surface area contributed by atoms with Crippen LogP contribution in [-0.4, -0.2) is 5.11 Å². The molecular weight excluding hydrogens is 445 g/mol. The van der Waals surface area contributed by atoms with E-state index in [0.717, 1.165) is 27.2 Å². The number of hydrogen-bond acceptors (Lipinski definition) is 2. The molecule has 4 rings (SSSR count). The van der Waals surface area contributed by atoms with E-state index in [-0.39, 0.29) is 10.8 Å². The summed E-state index contributed by atoms with van der Waals surface area (Å²) in [5.41, 5.74) is 2.76. The van der Waals surface area contributed by atoms with Crippen LogP contribution in [-0.2, 0) is 10.8 Å². The fourth-order valence-electron chi connectivity index (χ4n) is 4.42. The van der Waals surface area contributed by atoms with Crippen molar-refractivity contribution >= 4 is 28.7 Å². The van der Waals surface area contributed by atoms with E-state index in [1.807, 2.05) is 30.3 Å². The van der Waals surface area contributed by atoms with Crippen molar-refractivity contribution in [1.82, 2.24) is 0 Å². The third kappa shape index (κ3) is 5.00. The molecule has 4 aromatic rings. The van der Waals surface area contributed by atoms with E-state index in [4.69, 9.17) is 4.74 Å². The molecule has 0 radical (unpaired) electrons. The molecule has 0 fully saturated rings. The Kier molecular flexibility index (Phi) is 6.80. The summed E-state index contributed by atoms with van der Waals surface area (Å²) in [6.07, 6.45) is 0. The first-order valence-corrected chi connectivity index (χ1v) is 13.9. The Morgan fingerprint density at radius 2 is 1.06 bits per heavy atom. The van der Waals surface area contributed by atoms with Crippen LogP contribution in [0.15, 0.2) is 108 Å². The molecule has 4 aromatic carbocycles. The third-order valence-electron chi connectivity index (χ3n) is 6.39. The molecule has 0 aromatic heterocycles. The maximum atomic E-state index is 12.0. The van der Waals surface area contributed by atoms with Gasteiger partial charge in [0.25, 0.3) is 0 Å². The van der Waals surface area contributed by atoms with Crippen molar-refractivity contribution in [2.45, 2.75) is 52.4 Å². The van der Waals surface area contributed by atoms with Gasteiger partial charge < -0.3 is 5.11 Å². The van der Waals surface area contributed by atoms with Crippen LogP contribution in [0.2, 0.25) is 0 Å². The van der Waals surface area contributed by atoms with Crippen molar-refractivity contribution in [2.75, 3.05) is 0 Å². The summed E-state index contributed by atoms with van der Waals surface area (Å²) in [6.45, 7) is 13.2. The van der Waals surface area contributed by atoms with Gasteiger partial charge in [-0.25, -0.2) is 0 Å². The number of phenolic OH excluding ortho intramolecular Hbond substituents is 1. The van der Waals surface area contributed by atoms with Gasteiger partial charge in [-0.05, 0) is 34.6 Å². The van der Waals surface area contributed by atoms with E-state index in [0.29, 0.717) is 5.75 Å². The molecule has 0 unspecified atom stereocenters. The first-order chi connectivity index (χ1) is 16.5. The van der Waals surface area contributed by atoms with Crippen LogP contribution >= 0.6 is 7.05 Å². The van der Waals surface area contributed by atoms with Crippen molar-refractivity contribution < 1.29 is 5.11 Å². The highest BCUT2D eigenvalue weighted by molar-refractivity contribution is 7.87. The Hall–Kier alpha value is -3.09. The lowest BCUT2D eigenvalue weighted by Crippen LogP contribution is -2.29. The number of hydrogen-bond donors (Lipinski definition) is 1. The van der Waals surface area contributed by atoms with Gasteiger partial charge in [0.05, 0.1) is 12.7 Å². The molecule has 0 saturated carbocycles. The minimum Gasteiger partial charge on any atom is -0.507 e. The van der Waals surface area contributed by atoms with Gasteiger partial charge in [0.1, 0.15) is 5.75 Å². The monoisotopic (exact) mass is 481 g/mol. The maximum Gasteiger partial charge on any atom is 0.129 e. The minimum atomic E-state index is -2.63. The number of phenols is 1. The summed E-state index contributed by atoms with van der Waals surface area (Å²) < 4.78 is 5.56. The molecule has 1 N–H and O–H groups in total. The van der Waals surface area contributed by atoms with Crippen LogP contribution in [0.5, 0.6) is 5.75 Å². The molecule has 35 heavy (non-hydrogen) atoms. The molecule has 0 atom stereocenters. The van der Waals surface area contributed by atoms with Crippen molar-refractivity contribution in [3.05, 3.63) is 114 Å². The summed E-state index contributed by atoms with van der Waals surface area (Å²) in [5.74, 6) is 0.353. The average molecular weight is 482 g/mol. The standard InChI is InChI=1S/C32H36NOP/c1-31(2,3)24-22-28(32(4,5)6)30(34)29(23-24)35(26-18-12-8-13-19-26,27-20-14-9-15-21-27)33-25-16-10-7-11-17-25/h7-23,34H,1-6H3. The molecule has 2 nitrogen and oxygen atoms in total. The summed E-state index contributed by atoms with van der Waals surface area (Å²) in [4.78, 5) is 0. The van der Waals surface area contributed by atoms with Gasteiger partial charge in [-0.1, -0.05) is 126 Å². The summed E-state index contributed by atoms with van der Waals surface area (Å²) >= 11 is 0. The molecule has 0 heterocycles. The van der Waals surface area contributed by atoms with Crippen LogP contribution < -0.4 is 15.9 Å². The molecule has 0 aliphatic heterocycles. The smallest absolute Gasteiger partial charge is 0.129 e. The van der Waals surface area contributed by atoms with Gasteiger partial charge in [0.2, 0.25) is 0 Å². The molecule has 0 saturated heterocycles. The van der Waals surface area contributed by atoms with E-state index in [1.54, 1.807) is 0 Å². The van der Waals surface area contributed by atoms with Gasteiger partial charge in [-0.15, -0.1) is 0 Å². The second kappa shape index (κ2) is 9.51. The highest BCUT2D eigenvalue weighted by Crippen LogP contribution is 2.53. The first-order valence-electron chi connectivity index (χ1n) is 12.2. The van der Waals surface area contributed by atoms with E-state index in [9.17, 15) is 5.11 Å². The molecule has 180 valence electrons. The van der Waals surface area contributed by atoms with Crippen molar-refractivity contribution in [1.29, 1.82) is 0 Å². The number of nitrogens with zero attached hydrogens (tertiary/aromatic N) is 1. The zero-order chi connectivity index (χ0) is 25.3. The van der Waals surface area contributed by atoms with Crippen LogP contribution in [0, 0.1) is 0 Å². The predicted molar refractivity (Wildman–Crippen MR) is 153 cm³/mol.